The van der Waals surface area contributed by atoms with Crippen molar-refractivity contribution in [1.82, 2.24) is 14.7 Å². The summed E-state index contributed by atoms with van der Waals surface area (Å²) >= 11 is 0. The Morgan fingerprint density at radius 1 is 1.12 bits per heavy atom. The minimum Gasteiger partial charge on any atom is -0.376 e. The molecule has 0 aromatic rings. The van der Waals surface area contributed by atoms with Gasteiger partial charge in [-0.3, -0.25) is 9.59 Å². The lowest BCUT2D eigenvalue weighted by atomic mass is 9.84. The van der Waals surface area contributed by atoms with Gasteiger partial charge in [-0.2, -0.15) is 0 Å². The highest BCUT2D eigenvalue weighted by Gasteiger charge is 2.50. The first kappa shape index (κ1) is 18.6. The molecule has 0 unspecified atom stereocenters. The van der Waals surface area contributed by atoms with E-state index in [9.17, 15) is 9.59 Å². The molecule has 3 aliphatic heterocycles. The maximum absolute atomic E-state index is 12.6. The van der Waals surface area contributed by atoms with Crippen LogP contribution in [0.1, 0.15) is 39.5 Å². The van der Waals surface area contributed by atoms with Gasteiger partial charge in [0, 0.05) is 51.1 Å². The topological polar surface area (TPSA) is 53.1 Å². The van der Waals surface area contributed by atoms with Gasteiger partial charge in [0.1, 0.15) is 0 Å². The molecule has 142 valence electrons. The number of fused-ring (bicyclic) bond motifs is 1. The number of likely N-dealkylation sites (N-methyl/N-ethyl adjacent to an activating group) is 1. The molecule has 0 aromatic carbocycles. The zero-order valence-electron chi connectivity index (χ0n) is 15.9. The van der Waals surface area contributed by atoms with Crippen molar-refractivity contribution in [3.63, 3.8) is 0 Å². The summed E-state index contributed by atoms with van der Waals surface area (Å²) in [7, 11) is 2.12. The number of hydrogen-bond donors (Lipinski definition) is 0. The lowest BCUT2D eigenvalue weighted by Gasteiger charge is -2.26. The van der Waals surface area contributed by atoms with E-state index in [1.54, 1.807) is 0 Å². The Morgan fingerprint density at radius 3 is 2.44 bits per heavy atom. The predicted octanol–water partition coefficient (Wildman–Crippen LogP) is 1.20. The fraction of sp³-hybridized carbons (Fsp3) is 0.895. The van der Waals surface area contributed by atoms with Crippen LogP contribution in [0.5, 0.6) is 0 Å². The van der Waals surface area contributed by atoms with Crippen molar-refractivity contribution in [2.24, 2.45) is 11.8 Å². The van der Waals surface area contributed by atoms with E-state index in [-0.39, 0.29) is 17.9 Å². The number of rotatable bonds is 6. The van der Waals surface area contributed by atoms with Crippen LogP contribution < -0.4 is 0 Å². The van der Waals surface area contributed by atoms with E-state index in [2.05, 4.69) is 11.9 Å². The van der Waals surface area contributed by atoms with Crippen LogP contribution in [-0.4, -0.2) is 85.0 Å². The highest BCUT2D eigenvalue weighted by Crippen LogP contribution is 2.41. The third-order valence-corrected chi connectivity index (χ3v) is 6.38. The van der Waals surface area contributed by atoms with Crippen LogP contribution in [0.4, 0.5) is 0 Å². The molecule has 3 rings (SSSR count). The quantitative estimate of drug-likeness (QED) is 0.722. The van der Waals surface area contributed by atoms with E-state index in [0.717, 1.165) is 45.6 Å². The first-order chi connectivity index (χ1) is 12.0. The zero-order chi connectivity index (χ0) is 18.0. The molecule has 25 heavy (non-hydrogen) atoms. The molecular formula is C19H33N3O3. The van der Waals surface area contributed by atoms with Crippen molar-refractivity contribution in [3.8, 4) is 0 Å². The van der Waals surface area contributed by atoms with E-state index in [0.29, 0.717) is 37.3 Å². The fourth-order valence-corrected chi connectivity index (χ4v) is 4.95. The summed E-state index contributed by atoms with van der Waals surface area (Å²) < 4.78 is 6.02. The third-order valence-electron chi connectivity index (χ3n) is 6.38. The summed E-state index contributed by atoms with van der Waals surface area (Å²) in [5.41, 5.74) is 0. The second kappa shape index (κ2) is 8.04. The summed E-state index contributed by atoms with van der Waals surface area (Å²) in [5.74, 6) is 1.07. The van der Waals surface area contributed by atoms with E-state index < -0.39 is 0 Å². The van der Waals surface area contributed by atoms with E-state index >= 15 is 0 Å². The van der Waals surface area contributed by atoms with Gasteiger partial charge in [0.05, 0.1) is 19.1 Å². The molecule has 0 aromatic heterocycles. The van der Waals surface area contributed by atoms with Crippen LogP contribution in [0.2, 0.25) is 0 Å². The second-order valence-corrected chi connectivity index (χ2v) is 7.78. The summed E-state index contributed by atoms with van der Waals surface area (Å²) in [6.45, 7) is 8.97. The molecule has 3 saturated heterocycles. The Bertz CT molecular complexity index is 488. The molecule has 3 fully saturated rings. The van der Waals surface area contributed by atoms with E-state index in [4.69, 9.17) is 4.74 Å². The Morgan fingerprint density at radius 2 is 1.80 bits per heavy atom. The van der Waals surface area contributed by atoms with Gasteiger partial charge in [-0.05, 0) is 39.7 Å². The summed E-state index contributed by atoms with van der Waals surface area (Å²) in [5, 5.41) is 0. The number of nitrogens with zero attached hydrogens (tertiary/aromatic N) is 3. The van der Waals surface area contributed by atoms with Crippen molar-refractivity contribution in [2.45, 2.75) is 51.7 Å². The Balaban J connectivity index is 1.64. The van der Waals surface area contributed by atoms with Gasteiger partial charge in [0.2, 0.25) is 11.8 Å². The minimum absolute atomic E-state index is 0.0422. The second-order valence-electron chi connectivity index (χ2n) is 7.78. The Labute approximate surface area is 151 Å². The molecule has 4 atom stereocenters. The smallest absolute Gasteiger partial charge is 0.225 e. The summed E-state index contributed by atoms with van der Waals surface area (Å²) in [4.78, 5) is 31.4. The molecule has 0 saturated carbocycles. The monoisotopic (exact) mass is 351 g/mol. The average Bonchev–Trinajstić information content (AvgIpc) is 3.30. The SMILES string of the molecule is CCN(CC)C(=O)C[C@@H]1OC[C@@H]2[C@H]1[C@H](CC(=O)N1CCCC1)CN2C. The van der Waals surface area contributed by atoms with Crippen LogP contribution in [0.15, 0.2) is 0 Å². The van der Waals surface area contributed by atoms with Crippen molar-refractivity contribution in [3.05, 3.63) is 0 Å². The largest absolute Gasteiger partial charge is 0.376 e. The molecule has 0 radical (unpaired) electrons. The third kappa shape index (κ3) is 3.85. The molecule has 2 amide bonds. The van der Waals surface area contributed by atoms with Crippen LogP contribution >= 0.6 is 0 Å². The van der Waals surface area contributed by atoms with Gasteiger partial charge in [0.15, 0.2) is 0 Å². The number of ether oxygens (including phenoxy) is 1. The number of carbonyl (C=O) groups is 2. The molecular weight excluding hydrogens is 318 g/mol. The van der Waals surface area contributed by atoms with Gasteiger partial charge in [-0.25, -0.2) is 0 Å². The van der Waals surface area contributed by atoms with Crippen LogP contribution in [0, 0.1) is 11.8 Å². The van der Waals surface area contributed by atoms with Crippen LogP contribution in [-0.2, 0) is 14.3 Å². The van der Waals surface area contributed by atoms with E-state index in [1.807, 2.05) is 23.6 Å². The average molecular weight is 351 g/mol. The molecule has 6 nitrogen and oxygen atoms in total. The molecule has 6 heteroatoms. The molecule has 3 aliphatic rings. The lowest BCUT2D eigenvalue weighted by molar-refractivity contribution is -0.134. The molecule has 0 spiro atoms. The highest BCUT2D eigenvalue weighted by molar-refractivity contribution is 5.77. The van der Waals surface area contributed by atoms with Crippen molar-refractivity contribution in [1.29, 1.82) is 0 Å². The standard InChI is InChI=1S/C19H33N3O3/c1-4-21(5-2)18(24)11-16-19-14(12-20(3)15(19)13-25-16)10-17(23)22-8-6-7-9-22/h14-16,19H,4-13H2,1-3H3/t14-,15-,16+,19-/m1/s1. The number of carbonyl (C=O) groups excluding carboxylic acids is 2. The number of hydrogen-bond acceptors (Lipinski definition) is 4. The first-order valence-electron chi connectivity index (χ1n) is 9.92. The van der Waals surface area contributed by atoms with Crippen molar-refractivity contribution >= 4 is 11.8 Å². The maximum atomic E-state index is 12.6. The molecule has 0 bridgehead atoms. The normalized spacial score (nSPS) is 32.2. The molecule has 0 N–H and O–H groups in total. The van der Waals surface area contributed by atoms with Crippen LogP contribution in [0.3, 0.4) is 0 Å². The van der Waals surface area contributed by atoms with Gasteiger partial charge in [-0.15, -0.1) is 0 Å². The lowest BCUT2D eigenvalue weighted by Crippen LogP contribution is -2.37. The van der Waals surface area contributed by atoms with Gasteiger partial charge in [-0.1, -0.05) is 0 Å². The highest BCUT2D eigenvalue weighted by atomic mass is 16.5. The van der Waals surface area contributed by atoms with Gasteiger partial charge in [0.25, 0.3) is 0 Å². The van der Waals surface area contributed by atoms with Crippen LogP contribution in [0.25, 0.3) is 0 Å². The Hall–Kier alpha value is -1.14. The van der Waals surface area contributed by atoms with Gasteiger partial charge < -0.3 is 19.4 Å². The summed E-state index contributed by atoms with van der Waals surface area (Å²) in [6, 6.07) is 0.353. The zero-order valence-corrected chi connectivity index (χ0v) is 15.9. The predicted molar refractivity (Wildman–Crippen MR) is 96.1 cm³/mol. The first-order valence-corrected chi connectivity index (χ1v) is 9.92. The molecule has 0 aliphatic carbocycles. The van der Waals surface area contributed by atoms with Crippen molar-refractivity contribution < 1.29 is 14.3 Å². The van der Waals surface area contributed by atoms with Gasteiger partial charge >= 0.3 is 0 Å². The number of amides is 2. The maximum Gasteiger partial charge on any atom is 0.225 e. The van der Waals surface area contributed by atoms with E-state index in [1.165, 1.54) is 0 Å². The number of likely N-dealkylation sites (tertiary alicyclic amines) is 2. The molecule has 3 heterocycles. The van der Waals surface area contributed by atoms with Crippen molar-refractivity contribution in [2.75, 3.05) is 46.4 Å². The summed E-state index contributed by atoms with van der Waals surface area (Å²) in [6.07, 6.45) is 3.27. The Kier molecular flexibility index (Phi) is 6.00. The minimum atomic E-state index is -0.0422. The fourth-order valence-electron chi connectivity index (χ4n) is 4.95.